The van der Waals surface area contributed by atoms with Gasteiger partial charge >= 0.3 is 0 Å². The monoisotopic (exact) mass is 325 g/mol. The van der Waals surface area contributed by atoms with Crippen LogP contribution < -0.4 is 10.1 Å². The lowest BCUT2D eigenvalue weighted by molar-refractivity contribution is -0.121. The summed E-state index contributed by atoms with van der Waals surface area (Å²) in [6.45, 7) is 8.69. The number of carbonyl (C=O) groups excluding carboxylic acids is 1. The van der Waals surface area contributed by atoms with E-state index in [-0.39, 0.29) is 11.9 Å². The van der Waals surface area contributed by atoms with E-state index in [4.69, 9.17) is 4.74 Å². The zero-order valence-electron chi connectivity index (χ0n) is 15.1. The van der Waals surface area contributed by atoms with Crippen molar-refractivity contribution in [3.63, 3.8) is 0 Å². The number of nitrogens with one attached hydrogen (secondary N) is 1. The molecular formula is C21H27NO2. The maximum absolute atomic E-state index is 12.1. The lowest BCUT2D eigenvalue weighted by Gasteiger charge is -2.16. The van der Waals surface area contributed by atoms with Crippen LogP contribution in [0, 0.1) is 13.8 Å². The molecule has 0 aliphatic heterocycles. The molecule has 2 aromatic rings. The molecule has 1 amide bonds. The molecule has 3 nitrogen and oxygen atoms in total. The van der Waals surface area contributed by atoms with E-state index in [1.807, 2.05) is 37.3 Å². The van der Waals surface area contributed by atoms with Crippen LogP contribution in [0.4, 0.5) is 0 Å². The van der Waals surface area contributed by atoms with Crippen LogP contribution in [0.3, 0.4) is 0 Å². The van der Waals surface area contributed by atoms with Gasteiger partial charge in [-0.25, -0.2) is 0 Å². The van der Waals surface area contributed by atoms with E-state index in [1.54, 1.807) is 0 Å². The van der Waals surface area contributed by atoms with E-state index in [0.717, 1.165) is 17.7 Å². The van der Waals surface area contributed by atoms with Gasteiger partial charge in [0, 0.05) is 0 Å². The summed E-state index contributed by atoms with van der Waals surface area (Å²) in [6.07, 6.45) is 1.41. The summed E-state index contributed by atoms with van der Waals surface area (Å²) < 4.78 is 5.77. The molecule has 1 unspecified atom stereocenters. The summed E-state index contributed by atoms with van der Waals surface area (Å²) in [4.78, 5) is 12.1. The van der Waals surface area contributed by atoms with E-state index in [1.165, 1.54) is 16.7 Å². The van der Waals surface area contributed by atoms with E-state index in [9.17, 15) is 4.79 Å². The first kappa shape index (κ1) is 18.1. The van der Waals surface area contributed by atoms with Gasteiger partial charge < -0.3 is 10.1 Å². The molecule has 0 bridgehead atoms. The van der Waals surface area contributed by atoms with Gasteiger partial charge in [0.05, 0.1) is 12.5 Å². The molecule has 0 aliphatic rings. The minimum Gasteiger partial charge on any atom is -0.491 e. The molecule has 0 spiro atoms. The van der Waals surface area contributed by atoms with E-state index >= 15 is 0 Å². The predicted molar refractivity (Wildman–Crippen MR) is 98.5 cm³/mol. The molecule has 0 fully saturated rings. The molecule has 3 heteroatoms. The van der Waals surface area contributed by atoms with Crippen molar-refractivity contribution in [2.24, 2.45) is 0 Å². The number of amides is 1. The Balaban J connectivity index is 1.79. The first-order valence-corrected chi connectivity index (χ1v) is 8.55. The molecule has 0 saturated carbocycles. The number of hydrogen-bond donors (Lipinski definition) is 1. The molecular weight excluding hydrogens is 298 g/mol. The highest BCUT2D eigenvalue weighted by molar-refractivity contribution is 5.78. The molecule has 128 valence electrons. The number of rotatable bonds is 7. The third kappa shape index (κ3) is 5.41. The van der Waals surface area contributed by atoms with Crippen molar-refractivity contribution in [3.8, 4) is 5.75 Å². The van der Waals surface area contributed by atoms with Crippen LogP contribution in [0.25, 0.3) is 0 Å². The lowest BCUT2D eigenvalue weighted by atomic mass is 10.1. The molecule has 1 atom stereocenters. The minimum atomic E-state index is -0.0333. The molecule has 0 aromatic heterocycles. The Morgan fingerprint density at radius 3 is 2.33 bits per heavy atom. The Morgan fingerprint density at radius 2 is 1.71 bits per heavy atom. The molecule has 0 radical (unpaired) electrons. The number of hydrogen-bond acceptors (Lipinski definition) is 2. The van der Waals surface area contributed by atoms with Gasteiger partial charge in [0.25, 0.3) is 0 Å². The van der Waals surface area contributed by atoms with Crippen LogP contribution in [0.5, 0.6) is 5.75 Å². The van der Waals surface area contributed by atoms with Crippen LogP contribution in [0.15, 0.2) is 42.5 Å². The Kier molecular flexibility index (Phi) is 6.42. The van der Waals surface area contributed by atoms with Gasteiger partial charge in [-0.2, -0.15) is 0 Å². The molecule has 0 aliphatic carbocycles. The zero-order chi connectivity index (χ0) is 17.5. The molecule has 2 rings (SSSR count). The number of benzene rings is 2. The fourth-order valence-corrected chi connectivity index (χ4v) is 2.47. The number of aryl methyl sites for hydroxylation is 3. The second-order valence-electron chi connectivity index (χ2n) is 6.37. The van der Waals surface area contributed by atoms with Crippen LogP contribution in [0.2, 0.25) is 0 Å². The summed E-state index contributed by atoms with van der Waals surface area (Å²) in [5, 5.41) is 2.99. The highest BCUT2D eigenvalue weighted by Gasteiger charge is 2.09. The first-order valence-electron chi connectivity index (χ1n) is 8.55. The quantitative estimate of drug-likeness (QED) is 0.836. The van der Waals surface area contributed by atoms with Crippen molar-refractivity contribution >= 4 is 5.91 Å². The minimum absolute atomic E-state index is 0.0236. The van der Waals surface area contributed by atoms with Crippen molar-refractivity contribution in [2.75, 3.05) is 6.61 Å². The summed E-state index contributed by atoms with van der Waals surface area (Å²) in [5.41, 5.74) is 4.78. The fraction of sp³-hybridized carbons (Fsp3) is 0.381. The SMILES string of the molecule is CCc1ccc(CC(=O)NC(C)COc2ccc(C)c(C)c2)cc1. The van der Waals surface area contributed by atoms with Crippen LogP contribution in [-0.4, -0.2) is 18.6 Å². The van der Waals surface area contributed by atoms with Crippen LogP contribution in [0.1, 0.15) is 36.1 Å². The average Bonchev–Trinajstić information content (AvgIpc) is 2.56. The van der Waals surface area contributed by atoms with Gasteiger partial charge in [-0.3, -0.25) is 4.79 Å². The van der Waals surface area contributed by atoms with E-state index in [0.29, 0.717) is 13.0 Å². The third-order valence-corrected chi connectivity index (χ3v) is 4.18. The number of carbonyl (C=O) groups is 1. The van der Waals surface area contributed by atoms with Crippen molar-refractivity contribution in [1.82, 2.24) is 5.32 Å². The largest absolute Gasteiger partial charge is 0.491 e. The zero-order valence-corrected chi connectivity index (χ0v) is 15.1. The topological polar surface area (TPSA) is 38.3 Å². The molecule has 24 heavy (non-hydrogen) atoms. The molecule has 1 N–H and O–H groups in total. The summed E-state index contributed by atoms with van der Waals surface area (Å²) in [5.74, 6) is 0.866. The highest BCUT2D eigenvalue weighted by Crippen LogP contribution is 2.16. The Hall–Kier alpha value is -2.29. The third-order valence-electron chi connectivity index (χ3n) is 4.18. The number of ether oxygens (including phenoxy) is 1. The molecule has 0 saturated heterocycles. The van der Waals surface area contributed by atoms with E-state index in [2.05, 4.69) is 38.2 Å². The predicted octanol–water partition coefficient (Wildman–Crippen LogP) is 3.99. The van der Waals surface area contributed by atoms with Crippen molar-refractivity contribution < 1.29 is 9.53 Å². The van der Waals surface area contributed by atoms with Gasteiger partial charge in [-0.05, 0) is 61.6 Å². The smallest absolute Gasteiger partial charge is 0.224 e. The maximum atomic E-state index is 12.1. The molecule has 0 heterocycles. The Morgan fingerprint density at radius 1 is 1.04 bits per heavy atom. The van der Waals surface area contributed by atoms with Crippen LogP contribution in [-0.2, 0) is 17.6 Å². The van der Waals surface area contributed by atoms with Gasteiger partial charge in [-0.15, -0.1) is 0 Å². The fourth-order valence-electron chi connectivity index (χ4n) is 2.47. The van der Waals surface area contributed by atoms with Crippen molar-refractivity contribution in [2.45, 2.75) is 46.6 Å². The standard InChI is InChI=1S/C21H27NO2/c1-5-18-7-9-19(10-8-18)13-21(23)22-17(4)14-24-20-11-6-15(2)16(3)12-20/h6-12,17H,5,13-14H2,1-4H3,(H,22,23). The van der Waals surface area contributed by atoms with Gasteiger partial charge in [0.15, 0.2) is 0 Å². The second-order valence-corrected chi connectivity index (χ2v) is 6.37. The highest BCUT2D eigenvalue weighted by atomic mass is 16.5. The van der Waals surface area contributed by atoms with Gasteiger partial charge in [-0.1, -0.05) is 37.3 Å². The van der Waals surface area contributed by atoms with Gasteiger partial charge in [0.2, 0.25) is 5.91 Å². The normalized spacial score (nSPS) is 11.8. The lowest BCUT2D eigenvalue weighted by Crippen LogP contribution is -2.37. The Bertz CT molecular complexity index is 677. The van der Waals surface area contributed by atoms with Crippen molar-refractivity contribution in [1.29, 1.82) is 0 Å². The summed E-state index contributed by atoms with van der Waals surface area (Å²) >= 11 is 0. The summed E-state index contributed by atoms with van der Waals surface area (Å²) in [7, 11) is 0. The molecule has 2 aromatic carbocycles. The van der Waals surface area contributed by atoms with Crippen LogP contribution >= 0.6 is 0 Å². The van der Waals surface area contributed by atoms with E-state index < -0.39 is 0 Å². The van der Waals surface area contributed by atoms with Gasteiger partial charge in [0.1, 0.15) is 12.4 Å². The second kappa shape index (κ2) is 8.53. The first-order chi connectivity index (χ1) is 11.5. The summed E-state index contributed by atoms with van der Waals surface area (Å²) in [6, 6.07) is 14.2. The maximum Gasteiger partial charge on any atom is 0.224 e. The van der Waals surface area contributed by atoms with Crippen molar-refractivity contribution in [3.05, 3.63) is 64.7 Å². The Labute approximate surface area is 145 Å². The average molecular weight is 325 g/mol.